The van der Waals surface area contributed by atoms with Gasteiger partial charge in [-0.3, -0.25) is 0 Å². The normalized spacial score (nSPS) is 18.9. The molecule has 1 unspecified atom stereocenters. The van der Waals surface area contributed by atoms with Crippen LogP contribution < -0.4 is 4.72 Å². The zero-order valence-corrected chi connectivity index (χ0v) is 12.0. The van der Waals surface area contributed by atoms with Crippen molar-refractivity contribution in [2.24, 2.45) is 0 Å². The summed E-state index contributed by atoms with van der Waals surface area (Å²) in [5, 5.41) is 8.58. The minimum absolute atomic E-state index is 0.177. The molecule has 1 aromatic rings. The molecule has 1 N–H and O–H groups in total. The van der Waals surface area contributed by atoms with Crippen molar-refractivity contribution in [1.29, 1.82) is 5.26 Å². The van der Waals surface area contributed by atoms with E-state index in [0.29, 0.717) is 13.0 Å². The molecule has 0 spiro atoms. The Morgan fingerprint density at radius 3 is 2.70 bits per heavy atom. The lowest BCUT2D eigenvalue weighted by Crippen LogP contribution is -2.27. The molecule has 5 nitrogen and oxygen atoms in total. The first-order chi connectivity index (χ1) is 9.62. The third-order valence-corrected chi connectivity index (χ3v) is 4.78. The summed E-state index contributed by atoms with van der Waals surface area (Å²) in [5.74, 6) is 0. The molecule has 2 rings (SSSR count). The molecule has 1 atom stereocenters. The highest BCUT2D eigenvalue weighted by Crippen LogP contribution is 2.15. The molecule has 1 saturated heterocycles. The summed E-state index contributed by atoms with van der Waals surface area (Å²) in [5.41, 5.74) is 0.811. The Hall–Kier alpha value is -1.42. The second kappa shape index (κ2) is 6.84. The SMILES string of the molecule is N#CCc1ccc(S(=O)(=O)NCCC2CCCO2)cc1. The van der Waals surface area contributed by atoms with E-state index in [2.05, 4.69) is 4.72 Å². The Balaban J connectivity index is 1.90. The number of rotatable bonds is 6. The number of nitrogens with zero attached hydrogens (tertiary/aromatic N) is 1. The van der Waals surface area contributed by atoms with Crippen molar-refractivity contribution in [2.75, 3.05) is 13.2 Å². The van der Waals surface area contributed by atoms with Crippen molar-refractivity contribution in [2.45, 2.75) is 36.7 Å². The molecule has 6 heteroatoms. The lowest BCUT2D eigenvalue weighted by molar-refractivity contribution is 0.105. The Labute approximate surface area is 119 Å². The van der Waals surface area contributed by atoms with E-state index < -0.39 is 10.0 Å². The molecule has 0 aromatic heterocycles. The second-order valence-electron chi connectivity index (χ2n) is 4.80. The Morgan fingerprint density at radius 2 is 2.10 bits per heavy atom. The topological polar surface area (TPSA) is 79.2 Å². The van der Waals surface area contributed by atoms with E-state index in [1.165, 1.54) is 12.1 Å². The average Bonchev–Trinajstić information content (AvgIpc) is 2.93. The fourth-order valence-electron chi connectivity index (χ4n) is 2.19. The van der Waals surface area contributed by atoms with Gasteiger partial charge in [-0.15, -0.1) is 0 Å². The molecule has 1 aromatic carbocycles. The highest BCUT2D eigenvalue weighted by Gasteiger charge is 2.18. The van der Waals surface area contributed by atoms with Crippen molar-refractivity contribution in [3.63, 3.8) is 0 Å². The Kier molecular flexibility index (Phi) is 5.12. The second-order valence-corrected chi connectivity index (χ2v) is 6.57. The maximum atomic E-state index is 12.1. The van der Waals surface area contributed by atoms with Crippen LogP contribution in [-0.4, -0.2) is 27.7 Å². The monoisotopic (exact) mass is 294 g/mol. The molecule has 0 saturated carbocycles. The van der Waals surface area contributed by atoms with Gasteiger partial charge in [0.05, 0.1) is 23.5 Å². The zero-order valence-electron chi connectivity index (χ0n) is 11.2. The zero-order chi connectivity index (χ0) is 14.4. The van der Waals surface area contributed by atoms with Crippen LogP contribution in [0.4, 0.5) is 0 Å². The van der Waals surface area contributed by atoms with Crippen LogP contribution in [0.25, 0.3) is 0 Å². The number of benzene rings is 1. The van der Waals surface area contributed by atoms with Crippen LogP contribution in [0.1, 0.15) is 24.8 Å². The van der Waals surface area contributed by atoms with Crippen LogP contribution >= 0.6 is 0 Å². The van der Waals surface area contributed by atoms with Crippen LogP contribution in [0.15, 0.2) is 29.2 Å². The standard InChI is InChI=1S/C14H18N2O3S/c15-9-7-12-3-5-14(6-4-12)20(17,18)16-10-8-13-2-1-11-19-13/h3-6,13,16H,1-2,7-8,10-11H2. The number of ether oxygens (including phenoxy) is 1. The number of nitrogens with one attached hydrogen (secondary N) is 1. The molecule has 20 heavy (non-hydrogen) atoms. The van der Waals surface area contributed by atoms with E-state index in [0.717, 1.165) is 25.0 Å². The van der Waals surface area contributed by atoms with Gasteiger partial charge in [0.25, 0.3) is 0 Å². The van der Waals surface area contributed by atoms with Crippen LogP contribution in [-0.2, 0) is 21.2 Å². The predicted molar refractivity (Wildman–Crippen MR) is 74.5 cm³/mol. The summed E-state index contributed by atoms with van der Waals surface area (Å²) in [4.78, 5) is 0.228. The van der Waals surface area contributed by atoms with Crippen molar-refractivity contribution in [3.05, 3.63) is 29.8 Å². The van der Waals surface area contributed by atoms with Gasteiger partial charge in [0.1, 0.15) is 0 Å². The molecule has 108 valence electrons. The minimum Gasteiger partial charge on any atom is -0.378 e. The van der Waals surface area contributed by atoms with Crippen molar-refractivity contribution < 1.29 is 13.2 Å². The van der Waals surface area contributed by atoms with Gasteiger partial charge in [0, 0.05) is 13.2 Å². The van der Waals surface area contributed by atoms with Gasteiger partial charge in [0.15, 0.2) is 0 Å². The lowest BCUT2D eigenvalue weighted by atomic mass is 10.2. The van der Waals surface area contributed by atoms with Gasteiger partial charge in [0.2, 0.25) is 10.0 Å². The number of sulfonamides is 1. The first-order valence-corrected chi connectivity index (χ1v) is 8.17. The first kappa shape index (κ1) is 15.0. The molecular weight excluding hydrogens is 276 g/mol. The quantitative estimate of drug-likeness (QED) is 0.864. The Bertz CT molecular complexity index is 569. The molecule has 0 bridgehead atoms. The molecule has 0 radical (unpaired) electrons. The van der Waals surface area contributed by atoms with Crippen LogP contribution in [0.5, 0.6) is 0 Å². The summed E-state index contributed by atoms with van der Waals surface area (Å²) in [7, 11) is -3.47. The van der Waals surface area contributed by atoms with Crippen LogP contribution in [0, 0.1) is 11.3 Å². The highest BCUT2D eigenvalue weighted by molar-refractivity contribution is 7.89. The maximum absolute atomic E-state index is 12.1. The van der Waals surface area contributed by atoms with Gasteiger partial charge in [-0.25, -0.2) is 13.1 Å². The van der Waals surface area contributed by atoms with Gasteiger partial charge < -0.3 is 4.74 Å². The van der Waals surface area contributed by atoms with E-state index in [-0.39, 0.29) is 17.4 Å². The van der Waals surface area contributed by atoms with Crippen molar-refractivity contribution >= 4 is 10.0 Å². The molecule has 0 aliphatic carbocycles. The first-order valence-electron chi connectivity index (χ1n) is 6.69. The fourth-order valence-corrected chi connectivity index (χ4v) is 3.23. The van der Waals surface area contributed by atoms with E-state index in [4.69, 9.17) is 10.00 Å². The fraction of sp³-hybridized carbons (Fsp3) is 0.500. The van der Waals surface area contributed by atoms with E-state index >= 15 is 0 Å². The average molecular weight is 294 g/mol. The summed E-state index contributed by atoms with van der Waals surface area (Å²) in [6.45, 7) is 1.16. The summed E-state index contributed by atoms with van der Waals surface area (Å²) in [6.07, 6.45) is 3.22. The third-order valence-electron chi connectivity index (χ3n) is 3.30. The van der Waals surface area contributed by atoms with Crippen LogP contribution in [0.2, 0.25) is 0 Å². The molecule has 1 heterocycles. The smallest absolute Gasteiger partial charge is 0.240 e. The highest BCUT2D eigenvalue weighted by atomic mass is 32.2. The van der Waals surface area contributed by atoms with Gasteiger partial charge >= 0.3 is 0 Å². The van der Waals surface area contributed by atoms with Gasteiger partial charge in [-0.05, 0) is 37.0 Å². The lowest BCUT2D eigenvalue weighted by Gasteiger charge is -2.10. The van der Waals surface area contributed by atoms with Gasteiger partial charge in [-0.2, -0.15) is 5.26 Å². The van der Waals surface area contributed by atoms with Crippen LogP contribution in [0.3, 0.4) is 0 Å². The minimum atomic E-state index is -3.47. The van der Waals surface area contributed by atoms with E-state index in [1.54, 1.807) is 12.1 Å². The summed E-state index contributed by atoms with van der Waals surface area (Å²) < 4.78 is 32.1. The molecule has 0 amide bonds. The molecule has 1 aliphatic heterocycles. The third kappa shape index (κ3) is 4.04. The molecule has 1 aliphatic rings. The largest absolute Gasteiger partial charge is 0.378 e. The molecule has 1 fully saturated rings. The number of hydrogen-bond donors (Lipinski definition) is 1. The number of nitriles is 1. The van der Waals surface area contributed by atoms with Crippen molar-refractivity contribution in [3.8, 4) is 6.07 Å². The van der Waals surface area contributed by atoms with E-state index in [9.17, 15) is 8.42 Å². The summed E-state index contributed by atoms with van der Waals surface area (Å²) in [6, 6.07) is 8.42. The molecular formula is C14H18N2O3S. The maximum Gasteiger partial charge on any atom is 0.240 e. The Morgan fingerprint density at radius 1 is 1.35 bits per heavy atom. The van der Waals surface area contributed by atoms with E-state index in [1.807, 2.05) is 6.07 Å². The van der Waals surface area contributed by atoms with Crippen molar-refractivity contribution in [1.82, 2.24) is 4.72 Å². The predicted octanol–water partition coefficient (Wildman–Crippen LogP) is 1.60. The summed E-state index contributed by atoms with van der Waals surface area (Å²) >= 11 is 0. The number of hydrogen-bond acceptors (Lipinski definition) is 4. The van der Waals surface area contributed by atoms with Gasteiger partial charge in [-0.1, -0.05) is 12.1 Å².